The highest BCUT2D eigenvalue weighted by Crippen LogP contribution is 2.28. The van der Waals surface area contributed by atoms with E-state index < -0.39 is 29.5 Å². The minimum absolute atomic E-state index is 0.00483. The smallest absolute Gasteiger partial charge is 0.338 e. The van der Waals surface area contributed by atoms with Gasteiger partial charge < -0.3 is 4.74 Å². The molecular formula is C9H7ClF3NO2. The van der Waals surface area contributed by atoms with Crippen LogP contribution in [0.5, 0.6) is 0 Å². The van der Waals surface area contributed by atoms with Crippen molar-refractivity contribution >= 4 is 17.6 Å². The highest BCUT2D eigenvalue weighted by atomic mass is 35.5. The number of alkyl halides is 3. The van der Waals surface area contributed by atoms with Gasteiger partial charge in [-0.2, -0.15) is 4.39 Å². The quantitative estimate of drug-likeness (QED) is 0.472. The van der Waals surface area contributed by atoms with E-state index in [1.54, 1.807) is 0 Å². The maximum atomic E-state index is 13.1. The van der Waals surface area contributed by atoms with Crippen molar-refractivity contribution in [1.82, 2.24) is 4.98 Å². The van der Waals surface area contributed by atoms with E-state index in [-0.39, 0.29) is 11.4 Å². The summed E-state index contributed by atoms with van der Waals surface area (Å²) in [7, 11) is 1.01. The molecular weight excluding hydrogens is 247 g/mol. The molecule has 0 saturated heterocycles. The van der Waals surface area contributed by atoms with Gasteiger partial charge in [0.2, 0.25) is 5.95 Å². The van der Waals surface area contributed by atoms with Crippen LogP contribution in [-0.2, 0) is 10.6 Å². The molecule has 1 heterocycles. The van der Waals surface area contributed by atoms with E-state index in [9.17, 15) is 18.0 Å². The molecule has 0 N–H and O–H groups in total. The van der Waals surface area contributed by atoms with E-state index >= 15 is 0 Å². The summed E-state index contributed by atoms with van der Waals surface area (Å²) < 4.78 is 42.5. The molecule has 1 rings (SSSR count). The van der Waals surface area contributed by atoms with Gasteiger partial charge in [0.15, 0.2) is 0 Å². The van der Waals surface area contributed by atoms with E-state index in [1.165, 1.54) is 0 Å². The number of esters is 1. The van der Waals surface area contributed by atoms with Crippen molar-refractivity contribution in [2.45, 2.75) is 12.3 Å². The van der Waals surface area contributed by atoms with Crippen LogP contribution in [-0.4, -0.2) is 18.1 Å². The molecule has 7 heteroatoms. The van der Waals surface area contributed by atoms with Gasteiger partial charge in [-0.25, -0.2) is 18.6 Å². The third-order valence-corrected chi connectivity index (χ3v) is 2.19. The summed E-state index contributed by atoms with van der Waals surface area (Å²) in [6.07, 6.45) is -2.23. The zero-order valence-electron chi connectivity index (χ0n) is 8.14. The van der Waals surface area contributed by atoms with Crippen molar-refractivity contribution in [2.24, 2.45) is 0 Å². The Morgan fingerprint density at radius 1 is 1.62 bits per heavy atom. The highest BCUT2D eigenvalue weighted by Gasteiger charge is 2.27. The van der Waals surface area contributed by atoms with Gasteiger partial charge in [0, 0.05) is 17.6 Å². The van der Waals surface area contributed by atoms with Gasteiger partial charge in [0.1, 0.15) is 0 Å². The van der Waals surface area contributed by atoms with Gasteiger partial charge in [0.25, 0.3) is 6.43 Å². The summed E-state index contributed by atoms with van der Waals surface area (Å²) in [5, 5.41) is 0. The van der Waals surface area contributed by atoms with Gasteiger partial charge in [0.05, 0.1) is 18.2 Å². The second kappa shape index (κ2) is 5.16. The number of methoxy groups -OCH3 is 1. The topological polar surface area (TPSA) is 39.2 Å². The molecule has 0 radical (unpaired) electrons. The van der Waals surface area contributed by atoms with Crippen molar-refractivity contribution in [2.75, 3.05) is 7.11 Å². The second-order valence-electron chi connectivity index (χ2n) is 2.79. The molecule has 0 aliphatic heterocycles. The lowest BCUT2D eigenvalue weighted by molar-refractivity contribution is 0.0585. The minimum Gasteiger partial charge on any atom is -0.465 e. The number of pyridine rings is 1. The third kappa shape index (κ3) is 2.27. The summed E-state index contributed by atoms with van der Waals surface area (Å²) in [6, 6.07) is 0. The molecule has 0 unspecified atom stereocenters. The van der Waals surface area contributed by atoms with Gasteiger partial charge in [-0.1, -0.05) is 0 Å². The summed E-state index contributed by atoms with van der Waals surface area (Å²) in [4.78, 5) is 14.4. The fourth-order valence-electron chi connectivity index (χ4n) is 1.19. The average Bonchev–Trinajstić information content (AvgIpc) is 2.27. The Morgan fingerprint density at radius 2 is 2.25 bits per heavy atom. The molecule has 0 bridgehead atoms. The van der Waals surface area contributed by atoms with Gasteiger partial charge >= 0.3 is 5.97 Å². The van der Waals surface area contributed by atoms with Crippen molar-refractivity contribution in [3.8, 4) is 0 Å². The Bertz CT molecular complexity index is 412. The van der Waals surface area contributed by atoms with Crippen LogP contribution in [0.25, 0.3) is 0 Å². The zero-order chi connectivity index (χ0) is 12.3. The van der Waals surface area contributed by atoms with Crippen molar-refractivity contribution in [3.05, 3.63) is 28.8 Å². The Labute approximate surface area is 94.2 Å². The zero-order valence-corrected chi connectivity index (χ0v) is 8.89. The number of aromatic nitrogens is 1. The molecule has 0 amide bonds. The molecule has 0 spiro atoms. The largest absolute Gasteiger partial charge is 0.465 e. The molecule has 0 saturated carbocycles. The lowest BCUT2D eigenvalue weighted by atomic mass is 10.1. The van der Waals surface area contributed by atoms with Crippen LogP contribution in [0.15, 0.2) is 6.20 Å². The Kier molecular flexibility index (Phi) is 4.12. The lowest BCUT2D eigenvalue weighted by Gasteiger charge is -2.10. The van der Waals surface area contributed by atoms with Gasteiger partial charge in [-0.15, -0.1) is 11.6 Å². The number of carbonyl (C=O) groups excluding carboxylic acids is 1. The second-order valence-corrected chi connectivity index (χ2v) is 3.06. The third-order valence-electron chi connectivity index (χ3n) is 1.90. The Morgan fingerprint density at radius 3 is 2.69 bits per heavy atom. The Hall–Kier alpha value is -1.30. The van der Waals surface area contributed by atoms with E-state index in [4.69, 9.17) is 11.6 Å². The molecule has 0 fully saturated rings. The van der Waals surface area contributed by atoms with Crippen molar-refractivity contribution in [1.29, 1.82) is 0 Å². The van der Waals surface area contributed by atoms with Crippen LogP contribution in [0, 0.1) is 5.95 Å². The summed E-state index contributed by atoms with van der Waals surface area (Å²) in [5.74, 6) is -2.70. The van der Waals surface area contributed by atoms with Crippen LogP contribution >= 0.6 is 11.6 Å². The summed E-state index contributed by atoms with van der Waals surface area (Å²) in [5.41, 5.74) is -1.63. The minimum atomic E-state index is -3.16. The van der Waals surface area contributed by atoms with Crippen LogP contribution in [0.1, 0.15) is 27.9 Å². The first-order valence-electron chi connectivity index (χ1n) is 4.12. The number of halogens is 4. The van der Waals surface area contributed by atoms with Crippen LogP contribution in [0.3, 0.4) is 0 Å². The fraction of sp³-hybridized carbons (Fsp3) is 0.333. The predicted octanol–water partition coefficient (Wildman–Crippen LogP) is 2.68. The van der Waals surface area contributed by atoms with E-state index in [0.29, 0.717) is 0 Å². The number of carbonyl (C=O) groups is 1. The fourth-order valence-corrected chi connectivity index (χ4v) is 1.39. The number of hydrogen-bond acceptors (Lipinski definition) is 3. The summed E-state index contributed by atoms with van der Waals surface area (Å²) >= 11 is 5.45. The van der Waals surface area contributed by atoms with Crippen LogP contribution in [0.4, 0.5) is 13.2 Å². The number of hydrogen-bond donors (Lipinski definition) is 0. The molecule has 88 valence electrons. The normalized spacial score (nSPS) is 10.6. The number of ether oxygens (including phenoxy) is 1. The maximum Gasteiger partial charge on any atom is 0.338 e. The summed E-state index contributed by atoms with van der Waals surface area (Å²) in [6.45, 7) is 0. The first-order chi connectivity index (χ1) is 7.52. The van der Waals surface area contributed by atoms with Crippen molar-refractivity contribution in [3.63, 3.8) is 0 Å². The number of nitrogens with zero attached hydrogens (tertiary/aromatic N) is 1. The van der Waals surface area contributed by atoms with Gasteiger partial charge in [-0.3, -0.25) is 0 Å². The highest BCUT2D eigenvalue weighted by molar-refractivity contribution is 6.17. The van der Waals surface area contributed by atoms with E-state index in [2.05, 4.69) is 9.72 Å². The molecule has 1 aromatic rings. The maximum absolute atomic E-state index is 13.1. The monoisotopic (exact) mass is 253 g/mol. The molecule has 16 heavy (non-hydrogen) atoms. The molecule has 3 nitrogen and oxygen atoms in total. The number of rotatable bonds is 3. The van der Waals surface area contributed by atoms with Crippen molar-refractivity contribution < 1.29 is 22.7 Å². The molecule has 0 aliphatic rings. The van der Waals surface area contributed by atoms with E-state index in [1.807, 2.05) is 0 Å². The SMILES string of the molecule is COC(=O)c1c(CCl)cnc(F)c1C(F)F. The first kappa shape index (κ1) is 12.8. The lowest BCUT2D eigenvalue weighted by Crippen LogP contribution is -2.13. The molecule has 1 aromatic heterocycles. The van der Waals surface area contributed by atoms with Crippen LogP contribution in [0.2, 0.25) is 0 Å². The van der Waals surface area contributed by atoms with Crippen LogP contribution < -0.4 is 0 Å². The Balaban J connectivity index is 3.48. The van der Waals surface area contributed by atoms with E-state index in [0.717, 1.165) is 13.3 Å². The molecule has 0 aromatic carbocycles. The first-order valence-corrected chi connectivity index (χ1v) is 4.66. The van der Waals surface area contributed by atoms with Gasteiger partial charge in [-0.05, 0) is 0 Å². The predicted molar refractivity (Wildman–Crippen MR) is 50.0 cm³/mol. The average molecular weight is 254 g/mol. The standard InChI is InChI=1S/C9H7ClF3NO2/c1-16-9(15)5-4(2-10)3-14-8(13)6(5)7(11)12/h3,7H,2H2,1H3. The molecule has 0 aliphatic carbocycles. The molecule has 0 atom stereocenters.